The lowest BCUT2D eigenvalue weighted by molar-refractivity contribution is -0.119. The first-order valence-corrected chi connectivity index (χ1v) is 7.30. The maximum atomic E-state index is 11.8. The smallest absolute Gasteiger partial charge is 0.319 e. The van der Waals surface area contributed by atoms with Crippen LogP contribution in [0.3, 0.4) is 0 Å². The van der Waals surface area contributed by atoms with E-state index in [0.717, 1.165) is 24.5 Å². The molecule has 0 aromatic heterocycles. The number of urea groups is 1. The van der Waals surface area contributed by atoms with E-state index in [1.54, 1.807) is 0 Å². The minimum absolute atomic E-state index is 0.0335. The molecule has 1 aliphatic heterocycles. The number of benzene rings is 1. The SMILES string of the molecule is CNC(=O)CNC(=O)Nc1ccccc1N1CCCCC1. The minimum Gasteiger partial charge on any atom is -0.370 e. The van der Waals surface area contributed by atoms with Crippen LogP contribution in [0.5, 0.6) is 0 Å². The van der Waals surface area contributed by atoms with Crippen LogP contribution in [0.15, 0.2) is 24.3 Å². The lowest BCUT2D eigenvalue weighted by atomic mass is 10.1. The van der Waals surface area contributed by atoms with Gasteiger partial charge in [-0.15, -0.1) is 0 Å². The van der Waals surface area contributed by atoms with Crippen LogP contribution in [0.2, 0.25) is 0 Å². The highest BCUT2D eigenvalue weighted by Crippen LogP contribution is 2.28. The summed E-state index contributed by atoms with van der Waals surface area (Å²) >= 11 is 0. The first-order chi connectivity index (χ1) is 10.2. The summed E-state index contributed by atoms with van der Waals surface area (Å²) in [6.07, 6.45) is 3.62. The van der Waals surface area contributed by atoms with E-state index in [1.165, 1.54) is 26.3 Å². The van der Waals surface area contributed by atoms with Crippen molar-refractivity contribution in [2.24, 2.45) is 0 Å². The van der Waals surface area contributed by atoms with Crippen molar-refractivity contribution >= 4 is 23.3 Å². The number of hydrogen-bond donors (Lipinski definition) is 3. The Kier molecular flexibility index (Phi) is 5.43. The third-order valence-corrected chi connectivity index (χ3v) is 3.54. The largest absolute Gasteiger partial charge is 0.370 e. The summed E-state index contributed by atoms with van der Waals surface area (Å²) in [6.45, 7) is 1.99. The molecule has 6 heteroatoms. The molecular weight excluding hydrogens is 268 g/mol. The second-order valence-corrected chi connectivity index (χ2v) is 5.05. The number of anilines is 2. The average Bonchev–Trinajstić information content (AvgIpc) is 2.54. The highest BCUT2D eigenvalue weighted by atomic mass is 16.2. The zero-order valence-electron chi connectivity index (χ0n) is 12.3. The number of nitrogens with zero attached hydrogens (tertiary/aromatic N) is 1. The van der Waals surface area contributed by atoms with Crippen molar-refractivity contribution in [1.82, 2.24) is 10.6 Å². The molecule has 0 bridgehead atoms. The Labute approximate surface area is 124 Å². The molecule has 0 saturated carbocycles. The van der Waals surface area contributed by atoms with Crippen LogP contribution in [0.4, 0.5) is 16.2 Å². The number of amides is 3. The van der Waals surface area contributed by atoms with E-state index in [9.17, 15) is 9.59 Å². The van der Waals surface area contributed by atoms with Gasteiger partial charge in [0.2, 0.25) is 5.91 Å². The third-order valence-electron chi connectivity index (χ3n) is 3.54. The van der Waals surface area contributed by atoms with Gasteiger partial charge in [0, 0.05) is 20.1 Å². The summed E-state index contributed by atoms with van der Waals surface area (Å²) in [5.41, 5.74) is 1.81. The van der Waals surface area contributed by atoms with Gasteiger partial charge in [-0.25, -0.2) is 4.79 Å². The molecule has 0 spiro atoms. The van der Waals surface area contributed by atoms with Crippen LogP contribution < -0.4 is 20.9 Å². The Balaban J connectivity index is 1.99. The number of carbonyl (C=O) groups excluding carboxylic acids is 2. The van der Waals surface area contributed by atoms with Crippen molar-refractivity contribution in [3.05, 3.63) is 24.3 Å². The Morgan fingerprint density at radius 2 is 1.86 bits per heavy atom. The van der Waals surface area contributed by atoms with Crippen molar-refractivity contribution in [2.75, 3.05) is 36.9 Å². The standard InChI is InChI=1S/C15H22N4O2/c1-16-14(20)11-17-15(21)18-12-7-3-4-8-13(12)19-9-5-2-6-10-19/h3-4,7-8H,2,5-6,9-11H2,1H3,(H,16,20)(H2,17,18,21). The van der Waals surface area contributed by atoms with E-state index in [4.69, 9.17) is 0 Å². The number of para-hydroxylation sites is 2. The van der Waals surface area contributed by atoms with Gasteiger partial charge in [0.05, 0.1) is 17.9 Å². The summed E-state index contributed by atoms with van der Waals surface area (Å²) in [4.78, 5) is 25.3. The minimum atomic E-state index is -0.372. The Bertz CT molecular complexity index is 498. The molecular formula is C15H22N4O2. The van der Waals surface area contributed by atoms with Gasteiger partial charge < -0.3 is 20.9 Å². The average molecular weight is 290 g/mol. The molecule has 3 N–H and O–H groups in total. The predicted octanol–water partition coefficient (Wildman–Crippen LogP) is 1.54. The first-order valence-electron chi connectivity index (χ1n) is 7.30. The molecule has 1 heterocycles. The second kappa shape index (κ2) is 7.52. The van der Waals surface area contributed by atoms with Gasteiger partial charge in [-0.3, -0.25) is 4.79 Å². The highest BCUT2D eigenvalue weighted by molar-refractivity contribution is 5.95. The van der Waals surface area contributed by atoms with E-state index in [1.807, 2.05) is 24.3 Å². The summed E-state index contributed by atoms with van der Waals surface area (Å²) in [5.74, 6) is -0.227. The zero-order chi connectivity index (χ0) is 15.1. The molecule has 21 heavy (non-hydrogen) atoms. The van der Waals surface area contributed by atoms with Crippen molar-refractivity contribution < 1.29 is 9.59 Å². The van der Waals surface area contributed by atoms with E-state index in [0.29, 0.717) is 0 Å². The van der Waals surface area contributed by atoms with Crippen LogP contribution in [0, 0.1) is 0 Å². The molecule has 0 radical (unpaired) electrons. The van der Waals surface area contributed by atoms with Crippen molar-refractivity contribution in [3.63, 3.8) is 0 Å². The molecule has 6 nitrogen and oxygen atoms in total. The molecule has 114 valence electrons. The number of likely N-dealkylation sites (N-methyl/N-ethyl adjacent to an activating group) is 1. The Morgan fingerprint density at radius 1 is 1.14 bits per heavy atom. The predicted molar refractivity (Wildman–Crippen MR) is 83.6 cm³/mol. The number of piperidine rings is 1. The maximum absolute atomic E-state index is 11.8. The van der Waals surface area contributed by atoms with Crippen LogP contribution in [0.25, 0.3) is 0 Å². The first kappa shape index (κ1) is 15.2. The second-order valence-electron chi connectivity index (χ2n) is 5.05. The van der Waals surface area contributed by atoms with Crippen LogP contribution >= 0.6 is 0 Å². The Morgan fingerprint density at radius 3 is 2.57 bits per heavy atom. The molecule has 0 unspecified atom stereocenters. The molecule has 1 fully saturated rings. The quantitative estimate of drug-likeness (QED) is 0.787. The number of rotatable bonds is 4. The van der Waals surface area contributed by atoms with Crippen LogP contribution in [0.1, 0.15) is 19.3 Å². The molecule has 1 aromatic rings. The summed E-state index contributed by atoms with van der Waals surface area (Å²) in [5, 5.41) is 7.80. The van der Waals surface area contributed by atoms with Gasteiger partial charge in [-0.2, -0.15) is 0 Å². The molecule has 1 saturated heterocycles. The summed E-state index contributed by atoms with van der Waals surface area (Å²) < 4.78 is 0. The maximum Gasteiger partial charge on any atom is 0.319 e. The molecule has 2 rings (SSSR count). The third kappa shape index (κ3) is 4.37. The molecule has 0 aliphatic carbocycles. The lowest BCUT2D eigenvalue weighted by Crippen LogP contribution is -2.38. The Hall–Kier alpha value is -2.24. The number of carbonyl (C=O) groups is 2. The fourth-order valence-corrected chi connectivity index (χ4v) is 2.41. The van der Waals surface area contributed by atoms with Gasteiger partial charge in [0.15, 0.2) is 0 Å². The van der Waals surface area contributed by atoms with E-state index in [2.05, 4.69) is 20.9 Å². The van der Waals surface area contributed by atoms with Crippen LogP contribution in [-0.4, -0.2) is 38.6 Å². The lowest BCUT2D eigenvalue weighted by Gasteiger charge is -2.30. The van der Waals surface area contributed by atoms with Crippen molar-refractivity contribution in [1.29, 1.82) is 0 Å². The molecule has 3 amide bonds. The van der Waals surface area contributed by atoms with Gasteiger partial charge in [-0.05, 0) is 31.4 Å². The highest BCUT2D eigenvalue weighted by Gasteiger charge is 2.15. The topological polar surface area (TPSA) is 73.5 Å². The fraction of sp³-hybridized carbons (Fsp3) is 0.467. The fourth-order valence-electron chi connectivity index (χ4n) is 2.41. The van der Waals surface area contributed by atoms with Crippen molar-refractivity contribution in [3.8, 4) is 0 Å². The summed E-state index contributed by atoms with van der Waals surface area (Å²) in [7, 11) is 1.54. The normalized spacial score (nSPS) is 14.4. The number of hydrogen-bond acceptors (Lipinski definition) is 3. The van der Waals surface area contributed by atoms with Gasteiger partial charge in [-0.1, -0.05) is 12.1 Å². The van der Waals surface area contributed by atoms with Gasteiger partial charge in [0.1, 0.15) is 0 Å². The van der Waals surface area contributed by atoms with E-state index in [-0.39, 0.29) is 18.5 Å². The molecule has 0 atom stereocenters. The van der Waals surface area contributed by atoms with Crippen LogP contribution in [-0.2, 0) is 4.79 Å². The molecule has 1 aromatic carbocycles. The molecule has 1 aliphatic rings. The zero-order valence-corrected chi connectivity index (χ0v) is 12.3. The van der Waals surface area contributed by atoms with Gasteiger partial charge in [0.25, 0.3) is 0 Å². The van der Waals surface area contributed by atoms with Gasteiger partial charge >= 0.3 is 6.03 Å². The van der Waals surface area contributed by atoms with E-state index >= 15 is 0 Å². The number of nitrogens with one attached hydrogen (secondary N) is 3. The summed E-state index contributed by atoms with van der Waals surface area (Å²) in [6, 6.07) is 7.38. The monoisotopic (exact) mass is 290 g/mol. The van der Waals surface area contributed by atoms with E-state index < -0.39 is 0 Å². The van der Waals surface area contributed by atoms with Crippen molar-refractivity contribution in [2.45, 2.75) is 19.3 Å².